The van der Waals surface area contributed by atoms with Gasteiger partial charge in [-0.1, -0.05) is 6.07 Å². The normalized spacial score (nSPS) is 11.9. The van der Waals surface area contributed by atoms with Gasteiger partial charge in [-0.3, -0.25) is 4.79 Å². The Bertz CT molecular complexity index is 458. The van der Waals surface area contributed by atoms with Gasteiger partial charge in [0.15, 0.2) is 0 Å². The Kier molecular flexibility index (Phi) is 4.67. The summed E-state index contributed by atoms with van der Waals surface area (Å²) in [6.45, 7) is 2.11. The molecule has 0 unspecified atom stereocenters. The first kappa shape index (κ1) is 14.0. The average Bonchev–Trinajstić information content (AvgIpc) is 2.30. The van der Waals surface area contributed by atoms with Crippen LogP contribution >= 0.6 is 0 Å². The molecule has 0 saturated carbocycles. The molecule has 18 heavy (non-hydrogen) atoms. The van der Waals surface area contributed by atoms with Gasteiger partial charge in [0, 0.05) is 0 Å². The van der Waals surface area contributed by atoms with Crippen LogP contribution in [0.2, 0.25) is 0 Å². The van der Waals surface area contributed by atoms with E-state index in [9.17, 15) is 9.59 Å². The number of hydrogen-bond acceptors (Lipinski definition) is 4. The van der Waals surface area contributed by atoms with Gasteiger partial charge in [-0.2, -0.15) is 0 Å². The molecule has 0 spiro atoms. The van der Waals surface area contributed by atoms with Crippen LogP contribution in [0.5, 0.6) is 5.75 Å². The van der Waals surface area contributed by atoms with Crippen molar-refractivity contribution in [3.05, 3.63) is 29.3 Å². The number of benzene rings is 1. The van der Waals surface area contributed by atoms with Crippen LogP contribution in [0.15, 0.2) is 18.2 Å². The van der Waals surface area contributed by atoms with E-state index >= 15 is 0 Å². The smallest absolute Gasteiger partial charge is 0.339 e. The number of ether oxygens (including phenoxy) is 1. The molecular weight excluding hydrogens is 238 g/mol. The molecule has 0 aliphatic heterocycles. The van der Waals surface area contributed by atoms with Crippen LogP contribution < -0.4 is 10.5 Å². The minimum absolute atomic E-state index is 0.00642. The SMILES string of the molecule is CCOc1ccc(C[C@H](N)C(=O)O)cc1C(=O)O. The first-order valence-electron chi connectivity index (χ1n) is 5.43. The van der Waals surface area contributed by atoms with Crippen LogP contribution in [0.4, 0.5) is 0 Å². The van der Waals surface area contributed by atoms with Gasteiger partial charge in [0.2, 0.25) is 0 Å². The first-order valence-corrected chi connectivity index (χ1v) is 5.43. The Morgan fingerprint density at radius 1 is 1.39 bits per heavy atom. The second-order valence-corrected chi connectivity index (χ2v) is 3.72. The van der Waals surface area contributed by atoms with Crippen molar-refractivity contribution in [1.82, 2.24) is 0 Å². The monoisotopic (exact) mass is 253 g/mol. The van der Waals surface area contributed by atoms with E-state index < -0.39 is 18.0 Å². The molecule has 1 rings (SSSR count). The Morgan fingerprint density at radius 3 is 2.56 bits per heavy atom. The zero-order valence-electron chi connectivity index (χ0n) is 9.92. The minimum atomic E-state index is -1.12. The lowest BCUT2D eigenvalue weighted by Gasteiger charge is -2.11. The van der Waals surface area contributed by atoms with Crippen LogP contribution in [-0.4, -0.2) is 34.8 Å². The van der Waals surface area contributed by atoms with E-state index in [-0.39, 0.29) is 17.7 Å². The number of carbonyl (C=O) groups is 2. The summed E-state index contributed by atoms with van der Waals surface area (Å²) in [5.41, 5.74) is 5.95. The summed E-state index contributed by atoms with van der Waals surface area (Å²) in [7, 11) is 0. The number of hydrogen-bond donors (Lipinski definition) is 3. The van der Waals surface area contributed by atoms with Crippen molar-refractivity contribution in [1.29, 1.82) is 0 Å². The molecule has 6 nitrogen and oxygen atoms in total. The number of nitrogens with two attached hydrogens (primary N) is 1. The van der Waals surface area contributed by atoms with E-state index in [4.69, 9.17) is 20.7 Å². The molecule has 1 aromatic rings. The van der Waals surface area contributed by atoms with Crippen molar-refractivity contribution >= 4 is 11.9 Å². The third kappa shape index (κ3) is 3.46. The molecule has 0 aromatic heterocycles. The summed E-state index contributed by atoms with van der Waals surface area (Å²) in [6, 6.07) is 3.46. The summed E-state index contributed by atoms with van der Waals surface area (Å²) in [5.74, 6) is -1.98. The van der Waals surface area contributed by atoms with Crippen molar-refractivity contribution in [3.63, 3.8) is 0 Å². The molecule has 4 N–H and O–H groups in total. The molecular formula is C12H15NO5. The first-order chi connectivity index (χ1) is 8.45. The summed E-state index contributed by atoms with van der Waals surface area (Å²) in [5, 5.41) is 17.7. The average molecular weight is 253 g/mol. The van der Waals surface area contributed by atoms with E-state index in [0.29, 0.717) is 12.2 Å². The van der Waals surface area contributed by atoms with Gasteiger partial charge in [-0.05, 0) is 31.0 Å². The maximum atomic E-state index is 11.0. The molecule has 0 heterocycles. The standard InChI is InChI=1S/C12H15NO5/c1-2-18-10-4-3-7(5-8(10)11(14)15)6-9(13)12(16)17/h3-5,9H,2,6,13H2,1H3,(H,14,15)(H,16,17)/t9-/m0/s1. The topological polar surface area (TPSA) is 110 Å². The fraction of sp³-hybridized carbons (Fsp3) is 0.333. The Hall–Kier alpha value is -2.08. The highest BCUT2D eigenvalue weighted by molar-refractivity contribution is 5.91. The molecule has 1 atom stereocenters. The molecule has 0 aliphatic rings. The van der Waals surface area contributed by atoms with E-state index in [2.05, 4.69) is 0 Å². The Labute approximate surface area is 104 Å². The number of aromatic carboxylic acids is 1. The van der Waals surface area contributed by atoms with Crippen LogP contribution in [-0.2, 0) is 11.2 Å². The zero-order valence-corrected chi connectivity index (χ0v) is 9.92. The van der Waals surface area contributed by atoms with Gasteiger partial charge in [0.05, 0.1) is 6.61 Å². The number of aliphatic carboxylic acids is 1. The highest BCUT2D eigenvalue weighted by atomic mass is 16.5. The number of rotatable bonds is 6. The molecule has 0 radical (unpaired) electrons. The van der Waals surface area contributed by atoms with Gasteiger partial charge in [-0.25, -0.2) is 4.79 Å². The number of carboxylic acid groups (broad SMARTS) is 2. The van der Waals surface area contributed by atoms with E-state index in [1.807, 2.05) is 0 Å². The zero-order chi connectivity index (χ0) is 13.7. The maximum Gasteiger partial charge on any atom is 0.339 e. The van der Waals surface area contributed by atoms with Gasteiger partial charge >= 0.3 is 11.9 Å². The summed E-state index contributed by atoms with van der Waals surface area (Å²) in [6.07, 6.45) is 0.0714. The van der Waals surface area contributed by atoms with Gasteiger partial charge in [0.25, 0.3) is 0 Å². The van der Waals surface area contributed by atoms with Crippen LogP contribution in [0, 0.1) is 0 Å². The van der Waals surface area contributed by atoms with Crippen LogP contribution in [0.25, 0.3) is 0 Å². The summed E-state index contributed by atoms with van der Waals surface area (Å²) < 4.78 is 5.18. The third-order valence-corrected chi connectivity index (χ3v) is 2.35. The molecule has 0 fully saturated rings. The van der Waals surface area contributed by atoms with E-state index in [1.54, 1.807) is 13.0 Å². The molecule has 1 aromatic carbocycles. The maximum absolute atomic E-state index is 11.0. The van der Waals surface area contributed by atoms with Crippen molar-refractivity contribution in [3.8, 4) is 5.75 Å². The fourth-order valence-corrected chi connectivity index (χ4v) is 1.49. The molecule has 6 heteroatoms. The fourth-order valence-electron chi connectivity index (χ4n) is 1.49. The second kappa shape index (κ2) is 6.02. The van der Waals surface area contributed by atoms with Crippen molar-refractivity contribution in [2.24, 2.45) is 5.73 Å². The molecule has 0 aliphatic carbocycles. The minimum Gasteiger partial charge on any atom is -0.493 e. The predicted molar refractivity (Wildman–Crippen MR) is 63.9 cm³/mol. The summed E-state index contributed by atoms with van der Waals surface area (Å²) in [4.78, 5) is 21.7. The van der Waals surface area contributed by atoms with Crippen molar-refractivity contribution < 1.29 is 24.5 Å². The lowest BCUT2D eigenvalue weighted by atomic mass is 10.0. The largest absolute Gasteiger partial charge is 0.493 e. The lowest BCUT2D eigenvalue weighted by molar-refractivity contribution is -0.138. The summed E-state index contributed by atoms with van der Waals surface area (Å²) >= 11 is 0. The molecule has 0 bridgehead atoms. The lowest BCUT2D eigenvalue weighted by Crippen LogP contribution is -2.32. The predicted octanol–water partition coefficient (Wildman–Crippen LogP) is 0.738. The Balaban J connectivity index is 2.99. The second-order valence-electron chi connectivity index (χ2n) is 3.72. The van der Waals surface area contributed by atoms with Gasteiger partial charge in [0.1, 0.15) is 17.4 Å². The van der Waals surface area contributed by atoms with Crippen molar-refractivity contribution in [2.45, 2.75) is 19.4 Å². The van der Waals surface area contributed by atoms with Crippen LogP contribution in [0.3, 0.4) is 0 Å². The highest BCUT2D eigenvalue weighted by Gasteiger charge is 2.16. The number of carboxylic acids is 2. The van der Waals surface area contributed by atoms with Crippen molar-refractivity contribution in [2.75, 3.05) is 6.61 Å². The quantitative estimate of drug-likeness (QED) is 0.689. The molecule has 0 amide bonds. The van der Waals surface area contributed by atoms with E-state index in [0.717, 1.165) is 0 Å². The van der Waals surface area contributed by atoms with Crippen LogP contribution in [0.1, 0.15) is 22.8 Å². The molecule has 0 saturated heterocycles. The third-order valence-electron chi connectivity index (χ3n) is 2.35. The van der Waals surface area contributed by atoms with Gasteiger partial charge in [-0.15, -0.1) is 0 Å². The van der Waals surface area contributed by atoms with Gasteiger partial charge < -0.3 is 20.7 Å². The Morgan fingerprint density at radius 2 is 2.06 bits per heavy atom. The molecule has 98 valence electrons. The highest BCUT2D eigenvalue weighted by Crippen LogP contribution is 2.21. The van der Waals surface area contributed by atoms with E-state index in [1.165, 1.54) is 12.1 Å².